The fraction of sp³-hybridized carbons (Fsp3) is 0.308. The van der Waals surface area contributed by atoms with E-state index in [4.69, 9.17) is 23.1 Å². The number of benzene rings is 1. The van der Waals surface area contributed by atoms with Gasteiger partial charge in [-0.3, -0.25) is 0 Å². The molecule has 1 aliphatic heterocycles. The Kier molecular flexibility index (Phi) is 4.42. The summed E-state index contributed by atoms with van der Waals surface area (Å²) in [6, 6.07) is 7.42. The van der Waals surface area contributed by atoms with Crippen LogP contribution in [-0.2, 0) is 0 Å². The van der Waals surface area contributed by atoms with Gasteiger partial charge < -0.3 is 22.1 Å². The predicted molar refractivity (Wildman–Crippen MR) is 80.0 cm³/mol. The van der Waals surface area contributed by atoms with Crippen LogP contribution in [0.4, 0.5) is 5.69 Å². The molecule has 0 saturated heterocycles. The summed E-state index contributed by atoms with van der Waals surface area (Å²) in [5, 5.41) is 6.83. The molecule has 0 bridgehead atoms. The van der Waals surface area contributed by atoms with E-state index in [-0.39, 0.29) is 0 Å². The van der Waals surface area contributed by atoms with Gasteiger partial charge in [0.05, 0.1) is 0 Å². The summed E-state index contributed by atoms with van der Waals surface area (Å²) < 4.78 is 0. The molecular weight excluding hydrogens is 262 g/mol. The first-order chi connectivity index (χ1) is 9.11. The molecule has 5 nitrogen and oxygen atoms in total. The van der Waals surface area contributed by atoms with Gasteiger partial charge in [-0.25, -0.2) is 4.99 Å². The van der Waals surface area contributed by atoms with Crippen LogP contribution < -0.4 is 22.1 Å². The van der Waals surface area contributed by atoms with Gasteiger partial charge in [0.2, 0.25) is 5.96 Å². The van der Waals surface area contributed by atoms with Crippen molar-refractivity contribution in [3.63, 3.8) is 0 Å². The molecule has 0 aromatic heterocycles. The number of nitrogens with two attached hydrogens (primary N) is 2. The van der Waals surface area contributed by atoms with Crippen molar-refractivity contribution in [3.05, 3.63) is 41.6 Å². The molecule has 0 amide bonds. The van der Waals surface area contributed by atoms with E-state index in [0.717, 1.165) is 12.1 Å². The summed E-state index contributed by atoms with van der Waals surface area (Å²) in [6.45, 7) is 0.604. The summed E-state index contributed by atoms with van der Waals surface area (Å²) in [5.41, 5.74) is 11.8. The number of hydrogen-bond acceptors (Lipinski definition) is 5. The van der Waals surface area contributed by atoms with Gasteiger partial charge in [-0.1, -0.05) is 17.7 Å². The second-order valence-electron chi connectivity index (χ2n) is 4.46. The zero-order valence-corrected chi connectivity index (χ0v) is 11.3. The summed E-state index contributed by atoms with van der Waals surface area (Å²) >= 11 is 5.93. The SMILES string of the molecule is NCCCC1(N)C=CNC(Nc2cccc(Cl)c2)=N1. The summed E-state index contributed by atoms with van der Waals surface area (Å²) in [6.07, 6.45) is 5.17. The average Bonchev–Trinajstić information content (AvgIpc) is 2.37. The maximum absolute atomic E-state index is 6.18. The van der Waals surface area contributed by atoms with E-state index in [1.807, 2.05) is 30.3 Å². The van der Waals surface area contributed by atoms with Gasteiger partial charge in [0.15, 0.2) is 0 Å². The second kappa shape index (κ2) is 6.06. The first-order valence-electron chi connectivity index (χ1n) is 6.17. The highest BCUT2D eigenvalue weighted by molar-refractivity contribution is 6.30. The van der Waals surface area contributed by atoms with Gasteiger partial charge in [0, 0.05) is 16.9 Å². The molecule has 1 heterocycles. The lowest BCUT2D eigenvalue weighted by Crippen LogP contribution is -2.44. The van der Waals surface area contributed by atoms with Crippen molar-refractivity contribution in [2.45, 2.75) is 18.5 Å². The number of aliphatic imine (C=N–C) groups is 1. The number of nitrogens with one attached hydrogen (secondary N) is 2. The third-order valence-corrected chi connectivity index (χ3v) is 3.02. The van der Waals surface area contributed by atoms with E-state index >= 15 is 0 Å². The lowest BCUT2D eigenvalue weighted by molar-refractivity contribution is 0.485. The Hall–Kier alpha value is -1.56. The maximum atomic E-state index is 6.18. The number of rotatable bonds is 4. The van der Waals surface area contributed by atoms with Crippen molar-refractivity contribution in [3.8, 4) is 0 Å². The number of hydrogen-bond donors (Lipinski definition) is 4. The van der Waals surface area contributed by atoms with Crippen LogP contribution in [0, 0.1) is 0 Å². The molecule has 2 rings (SSSR count). The van der Waals surface area contributed by atoms with Crippen LogP contribution in [0.5, 0.6) is 0 Å². The third-order valence-electron chi connectivity index (χ3n) is 2.78. The highest BCUT2D eigenvalue weighted by Gasteiger charge is 2.23. The minimum Gasteiger partial charge on any atom is -0.333 e. The van der Waals surface area contributed by atoms with Gasteiger partial charge in [-0.15, -0.1) is 0 Å². The van der Waals surface area contributed by atoms with E-state index in [0.29, 0.717) is 23.9 Å². The van der Waals surface area contributed by atoms with E-state index in [9.17, 15) is 0 Å². The lowest BCUT2D eigenvalue weighted by Gasteiger charge is -2.26. The molecule has 1 atom stereocenters. The molecule has 0 radical (unpaired) electrons. The molecule has 1 aromatic rings. The van der Waals surface area contributed by atoms with Gasteiger partial charge in [0.25, 0.3) is 0 Å². The molecule has 19 heavy (non-hydrogen) atoms. The van der Waals surface area contributed by atoms with Gasteiger partial charge >= 0.3 is 0 Å². The van der Waals surface area contributed by atoms with Crippen LogP contribution in [-0.4, -0.2) is 18.2 Å². The molecule has 102 valence electrons. The Labute approximate surface area is 117 Å². The van der Waals surface area contributed by atoms with Crippen molar-refractivity contribution >= 4 is 23.2 Å². The minimum atomic E-state index is -0.703. The zero-order valence-electron chi connectivity index (χ0n) is 10.6. The molecule has 0 spiro atoms. The third kappa shape index (κ3) is 3.96. The molecular formula is C13H18ClN5. The van der Waals surface area contributed by atoms with E-state index in [1.165, 1.54) is 0 Å². The van der Waals surface area contributed by atoms with Gasteiger partial charge in [-0.2, -0.15) is 0 Å². The lowest BCUT2D eigenvalue weighted by atomic mass is 10.1. The Morgan fingerprint density at radius 3 is 3.00 bits per heavy atom. The zero-order chi connectivity index (χ0) is 13.7. The minimum absolute atomic E-state index is 0.601. The summed E-state index contributed by atoms with van der Waals surface area (Å²) in [7, 11) is 0. The Morgan fingerprint density at radius 2 is 2.26 bits per heavy atom. The summed E-state index contributed by atoms with van der Waals surface area (Å²) in [5.74, 6) is 0.601. The normalized spacial score (nSPS) is 21.7. The Balaban J connectivity index is 2.08. The molecule has 0 aliphatic carbocycles. The van der Waals surface area contributed by atoms with Crippen LogP contribution in [0.25, 0.3) is 0 Å². The van der Waals surface area contributed by atoms with Crippen LogP contribution in [0.15, 0.2) is 41.5 Å². The number of nitrogens with zero attached hydrogens (tertiary/aromatic N) is 1. The highest BCUT2D eigenvalue weighted by Crippen LogP contribution is 2.18. The smallest absolute Gasteiger partial charge is 0.202 e. The van der Waals surface area contributed by atoms with Crippen LogP contribution in [0.2, 0.25) is 5.02 Å². The van der Waals surface area contributed by atoms with E-state index in [2.05, 4.69) is 15.6 Å². The number of anilines is 1. The van der Waals surface area contributed by atoms with Crippen LogP contribution >= 0.6 is 11.6 Å². The van der Waals surface area contributed by atoms with Crippen molar-refractivity contribution in [1.29, 1.82) is 0 Å². The van der Waals surface area contributed by atoms with Crippen molar-refractivity contribution in [2.75, 3.05) is 11.9 Å². The highest BCUT2D eigenvalue weighted by atomic mass is 35.5. The van der Waals surface area contributed by atoms with Crippen molar-refractivity contribution in [2.24, 2.45) is 16.5 Å². The number of halogens is 1. The second-order valence-corrected chi connectivity index (χ2v) is 4.89. The fourth-order valence-corrected chi connectivity index (χ4v) is 2.02. The van der Waals surface area contributed by atoms with Gasteiger partial charge in [-0.05, 0) is 43.7 Å². The molecule has 1 aromatic carbocycles. The van der Waals surface area contributed by atoms with Crippen LogP contribution in [0.3, 0.4) is 0 Å². The van der Waals surface area contributed by atoms with Crippen LogP contribution in [0.1, 0.15) is 12.8 Å². The standard InChI is InChI=1S/C13H18ClN5/c14-10-3-1-4-11(9-10)18-12-17-8-6-13(16,19-12)5-2-7-15/h1,3-4,6,8-9H,2,5,7,15-16H2,(H2,17,18,19). The van der Waals surface area contributed by atoms with E-state index in [1.54, 1.807) is 6.20 Å². The van der Waals surface area contributed by atoms with Crippen molar-refractivity contribution < 1.29 is 0 Å². The Morgan fingerprint density at radius 1 is 1.42 bits per heavy atom. The molecule has 1 aliphatic rings. The Bertz CT molecular complexity index is 500. The molecule has 0 fully saturated rings. The quantitative estimate of drug-likeness (QED) is 0.674. The largest absolute Gasteiger partial charge is 0.333 e. The topological polar surface area (TPSA) is 88.5 Å². The molecule has 0 saturated carbocycles. The fourth-order valence-electron chi connectivity index (χ4n) is 1.83. The average molecular weight is 280 g/mol. The monoisotopic (exact) mass is 279 g/mol. The van der Waals surface area contributed by atoms with Gasteiger partial charge in [0.1, 0.15) is 5.66 Å². The molecule has 1 unspecified atom stereocenters. The first kappa shape index (κ1) is 13.9. The van der Waals surface area contributed by atoms with Crippen molar-refractivity contribution in [1.82, 2.24) is 5.32 Å². The maximum Gasteiger partial charge on any atom is 0.202 e. The first-order valence-corrected chi connectivity index (χ1v) is 6.55. The number of guanidine groups is 1. The molecule has 6 heteroatoms. The summed E-state index contributed by atoms with van der Waals surface area (Å²) in [4.78, 5) is 4.46. The predicted octanol–water partition coefficient (Wildman–Crippen LogP) is 1.62. The molecule has 6 N–H and O–H groups in total. The van der Waals surface area contributed by atoms with E-state index < -0.39 is 5.66 Å².